The number of carboxylic acids is 1. The van der Waals surface area contributed by atoms with Gasteiger partial charge >= 0.3 is 5.97 Å². The number of rotatable bonds is 2. The van der Waals surface area contributed by atoms with Gasteiger partial charge < -0.3 is 5.11 Å². The van der Waals surface area contributed by atoms with Crippen molar-refractivity contribution < 1.29 is 14.7 Å². The van der Waals surface area contributed by atoms with Gasteiger partial charge in [-0.1, -0.05) is 23.6 Å². The first-order valence-electron chi connectivity index (χ1n) is 4.40. The molecule has 0 aliphatic carbocycles. The molecular formula is C11H9NO3S. The Bertz CT molecular complexity index is 474. The van der Waals surface area contributed by atoms with Gasteiger partial charge in [-0.25, -0.2) is 4.79 Å². The first kappa shape index (κ1) is 12.3. The van der Waals surface area contributed by atoms with Gasteiger partial charge in [0.1, 0.15) is 0 Å². The molecule has 82 valence electrons. The average Bonchev–Trinajstić information content (AvgIpc) is 2.24. The van der Waals surface area contributed by atoms with Crippen LogP contribution in [0.5, 0.6) is 0 Å². The molecule has 0 radical (unpaired) electrons. The Labute approximate surface area is 97.1 Å². The van der Waals surface area contributed by atoms with Crippen molar-refractivity contribution in [3.05, 3.63) is 29.6 Å². The van der Waals surface area contributed by atoms with Crippen molar-refractivity contribution in [1.29, 1.82) is 0 Å². The van der Waals surface area contributed by atoms with Crippen molar-refractivity contribution in [3.63, 3.8) is 0 Å². The molecule has 5 heteroatoms. The smallest absolute Gasteiger partial charge is 0.337 e. The highest BCUT2D eigenvalue weighted by atomic mass is 32.2. The summed E-state index contributed by atoms with van der Waals surface area (Å²) in [6.07, 6.45) is 2.75. The molecule has 1 aromatic heterocycles. The highest BCUT2D eigenvalue weighted by molar-refractivity contribution is 8.13. The van der Waals surface area contributed by atoms with E-state index in [9.17, 15) is 9.59 Å². The van der Waals surface area contributed by atoms with Crippen molar-refractivity contribution in [2.45, 2.75) is 6.92 Å². The van der Waals surface area contributed by atoms with E-state index in [1.54, 1.807) is 0 Å². The molecule has 0 aliphatic rings. The number of hydrogen-bond donors (Lipinski definition) is 1. The van der Waals surface area contributed by atoms with Crippen molar-refractivity contribution in [2.24, 2.45) is 0 Å². The summed E-state index contributed by atoms with van der Waals surface area (Å²) in [5.41, 5.74) is 0.634. The summed E-state index contributed by atoms with van der Waals surface area (Å²) in [5.74, 6) is 4.87. The molecule has 0 aromatic carbocycles. The van der Waals surface area contributed by atoms with Gasteiger partial charge in [0.2, 0.25) is 0 Å². The number of thioether (sulfide) groups is 1. The minimum absolute atomic E-state index is 0.00621. The standard InChI is InChI=1S/C11H9NO3S/c1-8(13)16-4-2-3-9-5-10(11(14)15)7-12-6-9/h5-7H,4H2,1H3,(H,14,15). The van der Waals surface area contributed by atoms with Gasteiger partial charge in [-0.2, -0.15) is 0 Å². The monoisotopic (exact) mass is 235 g/mol. The Morgan fingerprint density at radius 2 is 2.25 bits per heavy atom. The number of carbonyl (C=O) groups is 2. The molecule has 1 heterocycles. The molecule has 0 saturated carbocycles. The third-order valence-electron chi connectivity index (χ3n) is 1.57. The van der Waals surface area contributed by atoms with Crippen LogP contribution in [-0.4, -0.2) is 26.9 Å². The van der Waals surface area contributed by atoms with Crippen LogP contribution in [0.3, 0.4) is 0 Å². The van der Waals surface area contributed by atoms with E-state index in [0.717, 1.165) is 11.8 Å². The summed E-state index contributed by atoms with van der Waals surface area (Å²) in [7, 11) is 0. The molecule has 1 rings (SSSR count). The zero-order valence-corrected chi connectivity index (χ0v) is 9.37. The minimum atomic E-state index is -1.03. The summed E-state index contributed by atoms with van der Waals surface area (Å²) in [6, 6.07) is 1.45. The number of carbonyl (C=O) groups excluding carboxylic acids is 1. The van der Waals surface area contributed by atoms with Gasteiger partial charge in [-0.3, -0.25) is 9.78 Å². The average molecular weight is 235 g/mol. The van der Waals surface area contributed by atoms with Crippen LogP contribution in [0.4, 0.5) is 0 Å². The topological polar surface area (TPSA) is 67.3 Å². The molecule has 0 atom stereocenters. The molecule has 0 spiro atoms. The van der Waals surface area contributed by atoms with Crippen LogP contribution >= 0.6 is 11.8 Å². The molecule has 1 N–H and O–H groups in total. The van der Waals surface area contributed by atoms with Gasteiger partial charge in [0.25, 0.3) is 0 Å². The van der Waals surface area contributed by atoms with E-state index in [4.69, 9.17) is 5.11 Å². The van der Waals surface area contributed by atoms with E-state index in [0.29, 0.717) is 11.3 Å². The zero-order chi connectivity index (χ0) is 12.0. The fourth-order valence-electron chi connectivity index (χ4n) is 0.901. The summed E-state index contributed by atoms with van der Waals surface area (Å²) in [5, 5.41) is 8.72. The molecule has 0 saturated heterocycles. The maximum atomic E-state index is 10.6. The molecule has 0 aliphatic heterocycles. The Balaban J connectivity index is 2.70. The van der Waals surface area contributed by atoms with E-state index in [1.165, 1.54) is 25.4 Å². The quantitative estimate of drug-likeness (QED) is 0.785. The number of nitrogens with zero attached hydrogens (tertiary/aromatic N) is 1. The molecular weight excluding hydrogens is 226 g/mol. The second-order valence-corrected chi connectivity index (χ2v) is 4.00. The fraction of sp³-hybridized carbons (Fsp3) is 0.182. The third-order valence-corrected chi connectivity index (χ3v) is 2.26. The molecule has 16 heavy (non-hydrogen) atoms. The molecule has 0 bridgehead atoms. The lowest BCUT2D eigenvalue weighted by atomic mass is 10.2. The van der Waals surface area contributed by atoms with Gasteiger partial charge in [-0.15, -0.1) is 0 Å². The Morgan fingerprint density at radius 3 is 2.88 bits per heavy atom. The third kappa shape index (κ3) is 4.15. The predicted molar refractivity (Wildman–Crippen MR) is 61.2 cm³/mol. The molecule has 1 aromatic rings. The van der Waals surface area contributed by atoms with Gasteiger partial charge in [-0.05, 0) is 6.07 Å². The number of carboxylic acid groups (broad SMARTS) is 1. The van der Waals surface area contributed by atoms with Crippen molar-refractivity contribution in [1.82, 2.24) is 4.98 Å². The molecule has 0 fully saturated rings. The SMILES string of the molecule is CC(=O)SCC#Cc1cncc(C(=O)O)c1. The fourth-order valence-corrected chi connectivity index (χ4v) is 1.25. The minimum Gasteiger partial charge on any atom is -0.478 e. The van der Waals surface area contributed by atoms with E-state index < -0.39 is 5.97 Å². The van der Waals surface area contributed by atoms with Crippen LogP contribution in [0, 0.1) is 11.8 Å². The Morgan fingerprint density at radius 1 is 1.50 bits per heavy atom. The van der Waals surface area contributed by atoms with E-state index >= 15 is 0 Å². The van der Waals surface area contributed by atoms with Crippen LogP contribution in [-0.2, 0) is 4.79 Å². The molecule has 4 nitrogen and oxygen atoms in total. The lowest BCUT2D eigenvalue weighted by molar-refractivity contribution is -0.109. The maximum Gasteiger partial charge on any atom is 0.337 e. The van der Waals surface area contributed by atoms with Crippen LogP contribution in [0.2, 0.25) is 0 Å². The van der Waals surface area contributed by atoms with E-state index in [2.05, 4.69) is 16.8 Å². The van der Waals surface area contributed by atoms with Crippen LogP contribution in [0.1, 0.15) is 22.8 Å². The first-order valence-corrected chi connectivity index (χ1v) is 5.38. The Hall–Kier alpha value is -1.80. The lowest BCUT2D eigenvalue weighted by Gasteiger charge is -1.93. The lowest BCUT2D eigenvalue weighted by Crippen LogP contribution is -1.97. The van der Waals surface area contributed by atoms with Crippen LogP contribution < -0.4 is 0 Å². The zero-order valence-electron chi connectivity index (χ0n) is 8.56. The van der Waals surface area contributed by atoms with Crippen molar-refractivity contribution in [3.8, 4) is 11.8 Å². The largest absolute Gasteiger partial charge is 0.478 e. The Kier molecular flexibility index (Phi) is 4.55. The summed E-state index contributed by atoms with van der Waals surface area (Å²) in [6.45, 7) is 1.47. The van der Waals surface area contributed by atoms with Gasteiger partial charge in [0.05, 0.1) is 11.3 Å². The number of aromatic nitrogens is 1. The van der Waals surface area contributed by atoms with Crippen LogP contribution in [0.25, 0.3) is 0 Å². The molecule has 0 unspecified atom stereocenters. The van der Waals surface area contributed by atoms with E-state index in [-0.39, 0.29) is 10.7 Å². The second-order valence-electron chi connectivity index (χ2n) is 2.85. The highest BCUT2D eigenvalue weighted by Gasteiger charge is 2.02. The van der Waals surface area contributed by atoms with Gasteiger partial charge in [0.15, 0.2) is 5.12 Å². The summed E-state index contributed by atoms with van der Waals surface area (Å²) < 4.78 is 0. The van der Waals surface area contributed by atoms with Gasteiger partial charge in [0, 0.05) is 24.9 Å². The highest BCUT2D eigenvalue weighted by Crippen LogP contribution is 2.02. The molecule has 0 amide bonds. The maximum absolute atomic E-state index is 10.6. The van der Waals surface area contributed by atoms with Crippen molar-refractivity contribution >= 4 is 22.8 Å². The normalized spacial score (nSPS) is 9.06. The number of hydrogen-bond acceptors (Lipinski definition) is 4. The first-order chi connectivity index (χ1) is 7.59. The summed E-state index contributed by atoms with van der Waals surface area (Å²) in [4.78, 5) is 25.0. The van der Waals surface area contributed by atoms with Crippen LogP contribution in [0.15, 0.2) is 18.5 Å². The summed E-state index contributed by atoms with van der Waals surface area (Å²) >= 11 is 1.11. The predicted octanol–water partition coefficient (Wildman–Crippen LogP) is 1.41. The second kappa shape index (κ2) is 5.93. The van der Waals surface area contributed by atoms with E-state index in [1.807, 2.05) is 0 Å². The van der Waals surface area contributed by atoms with Crippen molar-refractivity contribution in [2.75, 3.05) is 5.75 Å². The number of aromatic carboxylic acids is 1. The number of pyridine rings is 1.